The molecule has 3 atom stereocenters. The van der Waals surface area contributed by atoms with Gasteiger partial charge in [-0.3, -0.25) is 15.4 Å². The van der Waals surface area contributed by atoms with Crippen LogP contribution in [0.15, 0.2) is 65.1 Å². The molecule has 1 unspecified atom stereocenters. The maximum absolute atomic E-state index is 14.9. The van der Waals surface area contributed by atoms with Gasteiger partial charge in [-0.2, -0.15) is 4.39 Å². The normalized spacial score (nSPS) is 18.3. The summed E-state index contributed by atoms with van der Waals surface area (Å²) in [6.07, 6.45) is 0.931. The number of pyridine rings is 1. The second-order valence-electron chi connectivity index (χ2n) is 9.67. The quantitative estimate of drug-likeness (QED) is 0.184. The van der Waals surface area contributed by atoms with Crippen LogP contribution in [0.1, 0.15) is 55.5 Å². The summed E-state index contributed by atoms with van der Waals surface area (Å²) in [7, 11) is 0. The lowest BCUT2D eigenvalue weighted by Gasteiger charge is -2.27. The van der Waals surface area contributed by atoms with E-state index >= 15 is 0 Å². The fourth-order valence-corrected chi connectivity index (χ4v) is 4.60. The van der Waals surface area contributed by atoms with Gasteiger partial charge in [-0.05, 0) is 23.6 Å². The summed E-state index contributed by atoms with van der Waals surface area (Å²) < 4.78 is 34.7. The highest BCUT2D eigenvalue weighted by Gasteiger charge is 2.40. The Hall–Kier alpha value is -4.32. The fourth-order valence-electron chi connectivity index (χ4n) is 4.60. The first-order valence-corrected chi connectivity index (χ1v) is 12.5. The van der Waals surface area contributed by atoms with Gasteiger partial charge in [-0.15, -0.1) is 0 Å². The molecule has 0 saturated carbocycles. The van der Waals surface area contributed by atoms with Crippen LogP contribution in [0.3, 0.4) is 0 Å². The molecule has 3 heterocycles. The molecule has 4 rings (SSSR count). The average Bonchev–Trinajstić information content (AvgIpc) is 3.57. The molecule has 0 radical (unpaired) electrons. The van der Waals surface area contributed by atoms with Crippen LogP contribution >= 0.6 is 0 Å². The molecular formula is C27H31F2N7O3. The number of rotatable bonds is 9. The van der Waals surface area contributed by atoms with E-state index in [9.17, 15) is 18.4 Å². The number of benzene rings is 1. The van der Waals surface area contributed by atoms with Crippen LogP contribution < -0.4 is 22.3 Å². The second kappa shape index (κ2) is 12.0. The molecule has 2 amide bonds. The van der Waals surface area contributed by atoms with Crippen LogP contribution in [-0.2, 0) is 9.59 Å². The van der Waals surface area contributed by atoms with Gasteiger partial charge in [0.15, 0.2) is 5.76 Å². The van der Waals surface area contributed by atoms with E-state index in [0.29, 0.717) is 22.5 Å². The second-order valence-corrected chi connectivity index (χ2v) is 9.67. The van der Waals surface area contributed by atoms with E-state index in [1.807, 2.05) is 13.8 Å². The van der Waals surface area contributed by atoms with Crippen molar-refractivity contribution in [1.29, 1.82) is 0 Å². The summed E-state index contributed by atoms with van der Waals surface area (Å²) in [5, 5.41) is 6.60. The monoisotopic (exact) mass is 539 g/mol. The summed E-state index contributed by atoms with van der Waals surface area (Å²) in [4.78, 5) is 31.7. The van der Waals surface area contributed by atoms with Gasteiger partial charge in [0.2, 0.25) is 17.8 Å². The van der Waals surface area contributed by atoms with Gasteiger partial charge in [-0.25, -0.2) is 9.37 Å². The zero-order valence-electron chi connectivity index (χ0n) is 21.6. The Morgan fingerprint density at radius 1 is 1.26 bits per heavy atom. The summed E-state index contributed by atoms with van der Waals surface area (Å²) in [5.74, 6) is 3.84. The largest absolute Gasteiger partial charge is 0.400 e. The first kappa shape index (κ1) is 27.7. The Morgan fingerprint density at radius 3 is 2.72 bits per heavy atom. The summed E-state index contributed by atoms with van der Waals surface area (Å²) in [6.45, 7) is 3.46. The van der Waals surface area contributed by atoms with Crippen LogP contribution in [0, 0.1) is 5.95 Å². The average molecular weight is 540 g/mol. The Labute approximate surface area is 224 Å². The number of nitrogens with one attached hydrogen (secondary N) is 2. The Balaban J connectivity index is 1.67. The van der Waals surface area contributed by atoms with Crippen molar-refractivity contribution in [2.24, 2.45) is 11.6 Å². The molecule has 1 aromatic carbocycles. The number of hydrogen-bond donors (Lipinski definition) is 4. The Morgan fingerprint density at radius 2 is 2.05 bits per heavy atom. The van der Waals surface area contributed by atoms with Crippen LogP contribution in [-0.4, -0.2) is 45.6 Å². The maximum Gasteiger partial charge on any atom is 0.243 e. The van der Waals surface area contributed by atoms with Crippen molar-refractivity contribution in [2.75, 3.05) is 6.54 Å². The van der Waals surface area contributed by atoms with Gasteiger partial charge >= 0.3 is 0 Å². The highest BCUT2D eigenvalue weighted by atomic mass is 19.1. The van der Waals surface area contributed by atoms with Crippen molar-refractivity contribution in [2.45, 2.75) is 50.9 Å². The lowest BCUT2D eigenvalue weighted by Crippen LogP contribution is -2.47. The molecule has 1 fully saturated rings. The number of likely N-dealkylation sites (tertiary alicyclic amines) is 1. The molecule has 3 aromatic rings. The SMILES string of the molecule is CC(C)c1ccc(C(NC(=O)[C@@H]2C[C@@H](F)CN2C(=O)C/C(N)=C/NN)c2cccc(-c3ccno3)c2)nc1F. The van der Waals surface area contributed by atoms with Gasteiger partial charge in [0.1, 0.15) is 12.2 Å². The van der Waals surface area contributed by atoms with Crippen molar-refractivity contribution >= 4 is 11.8 Å². The third kappa shape index (κ3) is 6.40. The number of aromatic nitrogens is 2. The first-order valence-electron chi connectivity index (χ1n) is 12.5. The van der Waals surface area contributed by atoms with Crippen LogP contribution in [0.4, 0.5) is 8.78 Å². The zero-order valence-corrected chi connectivity index (χ0v) is 21.6. The summed E-state index contributed by atoms with van der Waals surface area (Å²) in [5.41, 5.74) is 10.1. The zero-order chi connectivity index (χ0) is 28.1. The number of alkyl halides is 1. The lowest BCUT2D eigenvalue weighted by molar-refractivity contribution is -0.138. The topological polar surface area (TPSA) is 152 Å². The Kier molecular flexibility index (Phi) is 8.55. The fraction of sp³-hybridized carbons (Fsp3) is 0.333. The molecule has 6 N–H and O–H groups in total. The van der Waals surface area contributed by atoms with Crippen LogP contribution in [0.25, 0.3) is 11.3 Å². The van der Waals surface area contributed by atoms with Crippen molar-refractivity contribution < 1.29 is 22.9 Å². The van der Waals surface area contributed by atoms with E-state index in [2.05, 4.69) is 20.9 Å². The van der Waals surface area contributed by atoms with E-state index in [-0.39, 0.29) is 36.7 Å². The molecule has 2 aromatic heterocycles. The van der Waals surface area contributed by atoms with E-state index in [4.69, 9.17) is 16.1 Å². The van der Waals surface area contributed by atoms with Crippen molar-refractivity contribution in [3.8, 4) is 11.3 Å². The van der Waals surface area contributed by atoms with E-state index in [1.54, 1.807) is 42.5 Å². The molecule has 39 heavy (non-hydrogen) atoms. The smallest absolute Gasteiger partial charge is 0.243 e. The molecule has 0 bridgehead atoms. The van der Waals surface area contributed by atoms with E-state index in [0.717, 1.165) is 4.90 Å². The molecule has 10 nitrogen and oxygen atoms in total. The number of amides is 2. The number of carbonyl (C=O) groups is 2. The van der Waals surface area contributed by atoms with Gasteiger partial charge in [0, 0.05) is 35.5 Å². The van der Waals surface area contributed by atoms with Crippen LogP contribution in [0.5, 0.6) is 0 Å². The summed E-state index contributed by atoms with van der Waals surface area (Å²) in [6, 6.07) is 10.0. The number of hydrogen-bond acceptors (Lipinski definition) is 8. The number of carbonyl (C=O) groups excluding carboxylic acids is 2. The predicted molar refractivity (Wildman–Crippen MR) is 139 cm³/mol. The van der Waals surface area contributed by atoms with Gasteiger partial charge < -0.3 is 25.9 Å². The predicted octanol–water partition coefficient (Wildman–Crippen LogP) is 2.80. The number of halogens is 2. The highest BCUT2D eigenvalue weighted by Crippen LogP contribution is 2.29. The van der Waals surface area contributed by atoms with Crippen molar-refractivity contribution in [1.82, 2.24) is 25.8 Å². The van der Waals surface area contributed by atoms with E-state index in [1.165, 1.54) is 12.4 Å². The van der Waals surface area contributed by atoms with Gasteiger partial charge in [0.25, 0.3) is 0 Å². The standard InChI is InChI=1S/C27H31F2N7O3/c1-15(2)20-6-7-21(34-26(20)29)25(17-5-3-4-16(10-17)23-8-9-33-39-23)35-27(38)22-11-18(28)14-36(22)24(37)12-19(30)13-32-31/h3-10,13,15,18,22,25,32H,11-12,14,30-31H2,1-2H3,(H,35,38)/b19-13-/t18-,22+,25?/m1/s1. The third-order valence-corrected chi connectivity index (χ3v) is 6.54. The Bertz CT molecular complexity index is 1350. The third-order valence-electron chi connectivity index (χ3n) is 6.54. The van der Waals surface area contributed by atoms with Crippen molar-refractivity contribution in [3.05, 3.63) is 83.3 Å². The van der Waals surface area contributed by atoms with Crippen LogP contribution in [0.2, 0.25) is 0 Å². The molecule has 12 heteroatoms. The molecule has 1 aliphatic rings. The molecule has 206 valence electrons. The van der Waals surface area contributed by atoms with Gasteiger partial charge in [-0.1, -0.05) is 43.3 Å². The van der Waals surface area contributed by atoms with Crippen molar-refractivity contribution in [3.63, 3.8) is 0 Å². The number of hydrazine groups is 1. The highest BCUT2D eigenvalue weighted by molar-refractivity contribution is 5.89. The molecule has 0 spiro atoms. The van der Waals surface area contributed by atoms with Gasteiger partial charge in [0.05, 0.1) is 30.9 Å². The minimum Gasteiger partial charge on any atom is -0.400 e. The first-order chi connectivity index (χ1) is 18.7. The molecular weight excluding hydrogens is 508 g/mol. The minimum atomic E-state index is -1.39. The number of nitrogens with two attached hydrogens (primary N) is 2. The molecule has 1 saturated heterocycles. The summed E-state index contributed by atoms with van der Waals surface area (Å²) >= 11 is 0. The molecule has 0 aliphatic carbocycles. The molecule has 1 aliphatic heterocycles. The van der Waals surface area contributed by atoms with E-state index < -0.39 is 36.0 Å². The minimum absolute atomic E-state index is 0.0927. The number of nitrogens with zero attached hydrogens (tertiary/aromatic N) is 3. The maximum atomic E-state index is 14.9. The lowest BCUT2D eigenvalue weighted by atomic mass is 9.97.